The largest absolute Gasteiger partial charge is 0.476 e. The Morgan fingerprint density at radius 2 is 2.36 bits per heavy atom. The molecule has 0 aliphatic rings. The fraction of sp³-hybridized carbons (Fsp3) is 0.143. The second-order valence-electron chi connectivity index (χ2n) is 2.45. The quantitative estimate of drug-likeness (QED) is 0.832. The summed E-state index contributed by atoms with van der Waals surface area (Å²) in [4.78, 5) is 10.5. The van der Waals surface area contributed by atoms with Crippen molar-refractivity contribution in [3.63, 3.8) is 0 Å². The highest BCUT2D eigenvalue weighted by Crippen LogP contribution is 2.10. The van der Waals surface area contributed by atoms with Crippen LogP contribution in [0.4, 0.5) is 5.69 Å². The first-order valence-electron chi connectivity index (χ1n) is 3.58. The summed E-state index contributed by atoms with van der Waals surface area (Å²) in [5.41, 5.74) is 5.33. The maximum Gasteiger partial charge on any atom is 0.358 e. The van der Waals surface area contributed by atoms with E-state index in [9.17, 15) is 4.79 Å². The number of hydrogen-bond acceptors (Lipinski definition) is 3. The average molecular weight is 236 g/mol. The van der Waals surface area contributed by atoms with E-state index in [2.05, 4.69) is 5.10 Å². The van der Waals surface area contributed by atoms with Crippen LogP contribution in [0.5, 0.6) is 0 Å². The maximum absolute atomic E-state index is 10.5. The predicted molar refractivity (Wildman–Crippen MR) is 53.4 cm³/mol. The van der Waals surface area contributed by atoms with Crippen molar-refractivity contribution in [3.8, 4) is 0 Å². The van der Waals surface area contributed by atoms with Gasteiger partial charge < -0.3 is 10.8 Å². The molecule has 0 saturated heterocycles. The number of nitrogens with zero attached hydrogens (tertiary/aromatic N) is 2. The lowest BCUT2D eigenvalue weighted by Gasteiger charge is -1.92. The Morgan fingerprint density at radius 3 is 2.79 bits per heavy atom. The summed E-state index contributed by atoms with van der Waals surface area (Å²) in [5.74, 6) is -1.16. The van der Waals surface area contributed by atoms with Crippen LogP contribution in [0.15, 0.2) is 16.8 Å². The van der Waals surface area contributed by atoms with Crippen molar-refractivity contribution in [3.05, 3.63) is 22.5 Å². The smallest absolute Gasteiger partial charge is 0.358 e. The molecule has 1 heterocycles. The van der Waals surface area contributed by atoms with Crippen LogP contribution in [0, 0.1) is 0 Å². The summed E-state index contributed by atoms with van der Waals surface area (Å²) >= 11 is 10.7. The first-order chi connectivity index (χ1) is 6.50. The molecule has 5 nitrogen and oxygen atoms in total. The molecule has 3 N–H and O–H groups in total. The minimum atomic E-state index is -1.16. The molecule has 1 aromatic heterocycles. The first kappa shape index (κ1) is 10.9. The van der Waals surface area contributed by atoms with E-state index in [4.69, 9.17) is 34.0 Å². The molecule has 0 spiro atoms. The van der Waals surface area contributed by atoms with Crippen molar-refractivity contribution < 1.29 is 9.90 Å². The van der Waals surface area contributed by atoms with E-state index >= 15 is 0 Å². The van der Waals surface area contributed by atoms with Crippen LogP contribution in [0.3, 0.4) is 0 Å². The zero-order chi connectivity index (χ0) is 10.7. The normalized spacial score (nSPS) is 9.86. The molecule has 14 heavy (non-hydrogen) atoms. The second kappa shape index (κ2) is 4.34. The molecule has 0 bridgehead atoms. The van der Waals surface area contributed by atoms with Crippen LogP contribution >= 0.6 is 23.2 Å². The molecule has 76 valence electrons. The third-order valence-electron chi connectivity index (χ3n) is 1.43. The number of carboxylic acids is 1. The average Bonchev–Trinajstić information content (AvgIpc) is 2.43. The fourth-order valence-corrected chi connectivity index (χ4v) is 0.997. The zero-order valence-electron chi connectivity index (χ0n) is 6.94. The summed E-state index contributed by atoms with van der Waals surface area (Å²) in [6.45, 7) is 0.278. The molecule has 1 rings (SSSR count). The molecule has 0 aromatic carbocycles. The van der Waals surface area contributed by atoms with Crippen LogP contribution < -0.4 is 5.73 Å². The van der Waals surface area contributed by atoms with Gasteiger partial charge in [0.15, 0.2) is 5.69 Å². The van der Waals surface area contributed by atoms with E-state index in [0.29, 0.717) is 0 Å². The Kier molecular flexibility index (Phi) is 3.38. The monoisotopic (exact) mass is 235 g/mol. The van der Waals surface area contributed by atoms with E-state index in [0.717, 1.165) is 0 Å². The molecule has 1 aromatic rings. The zero-order valence-corrected chi connectivity index (χ0v) is 8.46. The Morgan fingerprint density at radius 1 is 1.71 bits per heavy atom. The number of carbonyl (C=O) groups is 1. The highest BCUT2D eigenvalue weighted by molar-refractivity contribution is 6.55. The number of nitrogens with two attached hydrogens (primary N) is 1. The topological polar surface area (TPSA) is 81.1 Å². The molecule has 0 amide bonds. The van der Waals surface area contributed by atoms with Crippen molar-refractivity contribution in [2.45, 2.75) is 6.54 Å². The van der Waals surface area contributed by atoms with E-state index in [1.54, 1.807) is 0 Å². The lowest BCUT2D eigenvalue weighted by Crippen LogP contribution is -2.03. The minimum absolute atomic E-state index is 0.0935. The van der Waals surface area contributed by atoms with Gasteiger partial charge in [-0.05, 0) is 6.08 Å². The number of hydrogen-bond donors (Lipinski definition) is 2. The van der Waals surface area contributed by atoms with Gasteiger partial charge in [0.05, 0.1) is 12.2 Å². The highest BCUT2D eigenvalue weighted by Gasteiger charge is 2.12. The second-order valence-corrected chi connectivity index (χ2v) is 3.46. The van der Waals surface area contributed by atoms with Crippen LogP contribution in [-0.2, 0) is 6.54 Å². The molecule has 0 radical (unpaired) electrons. The summed E-state index contributed by atoms with van der Waals surface area (Å²) in [6.07, 6.45) is 2.87. The highest BCUT2D eigenvalue weighted by atomic mass is 35.5. The maximum atomic E-state index is 10.5. The van der Waals surface area contributed by atoms with Gasteiger partial charge in [-0.15, -0.1) is 0 Å². The number of carboxylic acid groups (broad SMARTS) is 1. The summed E-state index contributed by atoms with van der Waals surface area (Å²) in [6, 6.07) is 0. The van der Waals surface area contributed by atoms with Gasteiger partial charge in [-0.2, -0.15) is 5.10 Å². The summed E-state index contributed by atoms with van der Waals surface area (Å²) in [7, 11) is 0. The molecule has 0 fully saturated rings. The number of rotatable bonds is 3. The van der Waals surface area contributed by atoms with Crippen molar-refractivity contribution in [2.24, 2.45) is 0 Å². The number of halogens is 2. The molecular weight excluding hydrogens is 229 g/mol. The van der Waals surface area contributed by atoms with Crippen LogP contribution in [0.1, 0.15) is 10.5 Å². The number of anilines is 1. The Hall–Kier alpha value is -1.20. The van der Waals surface area contributed by atoms with Gasteiger partial charge in [0.2, 0.25) is 0 Å². The van der Waals surface area contributed by atoms with Gasteiger partial charge in [0, 0.05) is 6.20 Å². The van der Waals surface area contributed by atoms with E-state index in [1.165, 1.54) is 17.0 Å². The number of nitrogen functional groups attached to an aromatic ring is 1. The van der Waals surface area contributed by atoms with Crippen molar-refractivity contribution in [1.29, 1.82) is 0 Å². The van der Waals surface area contributed by atoms with Crippen LogP contribution in [0.25, 0.3) is 0 Å². The molecular formula is C7H7Cl2N3O2. The molecule has 0 aliphatic carbocycles. The molecule has 7 heteroatoms. The fourth-order valence-electron chi connectivity index (χ4n) is 0.859. The third kappa shape index (κ3) is 2.65. The van der Waals surface area contributed by atoms with E-state index < -0.39 is 5.97 Å². The van der Waals surface area contributed by atoms with E-state index in [-0.39, 0.29) is 22.4 Å². The summed E-state index contributed by atoms with van der Waals surface area (Å²) < 4.78 is 1.43. The lowest BCUT2D eigenvalue weighted by molar-refractivity contribution is 0.0690. The van der Waals surface area contributed by atoms with Gasteiger partial charge in [-0.1, -0.05) is 23.2 Å². The van der Waals surface area contributed by atoms with Crippen molar-refractivity contribution >= 4 is 34.9 Å². The minimum Gasteiger partial charge on any atom is -0.476 e. The number of allylic oxidation sites excluding steroid dienone is 1. The molecule has 0 unspecified atom stereocenters. The van der Waals surface area contributed by atoms with E-state index in [1.807, 2.05) is 0 Å². The Balaban J connectivity index is 2.86. The van der Waals surface area contributed by atoms with Gasteiger partial charge >= 0.3 is 5.97 Å². The lowest BCUT2D eigenvalue weighted by atomic mass is 10.4. The third-order valence-corrected chi connectivity index (χ3v) is 1.73. The first-order valence-corrected chi connectivity index (χ1v) is 4.33. The van der Waals surface area contributed by atoms with Gasteiger partial charge in [0.25, 0.3) is 0 Å². The van der Waals surface area contributed by atoms with Crippen molar-refractivity contribution in [1.82, 2.24) is 9.78 Å². The number of aromatic carboxylic acids is 1. The molecule has 0 aliphatic heterocycles. The van der Waals surface area contributed by atoms with Gasteiger partial charge in [-0.25, -0.2) is 4.79 Å². The van der Waals surface area contributed by atoms with Crippen molar-refractivity contribution in [2.75, 3.05) is 5.73 Å². The SMILES string of the molecule is Nc1cn(CC=C(Cl)Cl)nc1C(=O)O. The van der Waals surface area contributed by atoms with Crippen LogP contribution in [0.2, 0.25) is 0 Å². The predicted octanol–water partition coefficient (Wildman–Crippen LogP) is 1.48. The Labute approximate surface area is 89.7 Å². The number of aromatic nitrogens is 2. The summed E-state index contributed by atoms with van der Waals surface area (Å²) in [5, 5.41) is 12.3. The molecule has 0 saturated carbocycles. The van der Waals surface area contributed by atoms with Gasteiger partial charge in [-0.3, -0.25) is 4.68 Å². The van der Waals surface area contributed by atoms with Gasteiger partial charge in [0.1, 0.15) is 4.49 Å². The Bertz CT molecular complexity index is 382. The molecule has 0 atom stereocenters. The van der Waals surface area contributed by atoms with Crippen LogP contribution in [-0.4, -0.2) is 20.9 Å². The standard InChI is InChI=1S/C7H7Cl2N3O2/c8-5(9)1-2-12-3-4(10)6(11-12)7(13)14/h1,3H,2,10H2,(H,13,14).